The first-order chi connectivity index (χ1) is 10.5. The van der Waals surface area contributed by atoms with Gasteiger partial charge >= 0.3 is 0 Å². The Kier molecular flexibility index (Phi) is 5.80. The molecule has 0 radical (unpaired) electrons. The third-order valence-electron chi connectivity index (χ3n) is 3.96. The van der Waals surface area contributed by atoms with Crippen molar-refractivity contribution in [1.82, 2.24) is 4.31 Å². The fraction of sp³-hybridized carbons (Fsp3) is 0.600. The maximum Gasteiger partial charge on any atom is 0.243 e. The van der Waals surface area contributed by atoms with Gasteiger partial charge in [0.05, 0.1) is 17.6 Å². The Morgan fingerprint density at radius 1 is 1.32 bits per heavy atom. The van der Waals surface area contributed by atoms with Gasteiger partial charge in [-0.25, -0.2) is 8.42 Å². The van der Waals surface area contributed by atoms with Gasteiger partial charge in [-0.2, -0.15) is 4.31 Å². The molecule has 1 aromatic carbocycles. The normalized spacial score (nSPS) is 23.4. The van der Waals surface area contributed by atoms with Crippen molar-refractivity contribution in [3.8, 4) is 5.75 Å². The summed E-state index contributed by atoms with van der Waals surface area (Å²) in [7, 11) is -1.90. The van der Waals surface area contributed by atoms with E-state index in [1.165, 1.54) is 4.31 Å². The largest absolute Gasteiger partial charge is 0.494 e. The van der Waals surface area contributed by atoms with E-state index in [2.05, 4.69) is 0 Å². The van der Waals surface area contributed by atoms with E-state index in [1.807, 2.05) is 6.92 Å². The Labute approximate surface area is 132 Å². The average Bonchev–Trinajstić information content (AvgIpc) is 2.55. The number of benzene rings is 1. The van der Waals surface area contributed by atoms with Gasteiger partial charge in [0.1, 0.15) is 5.75 Å². The van der Waals surface area contributed by atoms with Gasteiger partial charge in [0.25, 0.3) is 0 Å². The summed E-state index contributed by atoms with van der Waals surface area (Å²) in [5.74, 6) is 0.662. The van der Waals surface area contributed by atoms with Crippen LogP contribution in [-0.4, -0.2) is 51.7 Å². The zero-order valence-corrected chi connectivity index (χ0v) is 13.9. The van der Waals surface area contributed by atoms with Crippen LogP contribution in [0.3, 0.4) is 0 Å². The lowest BCUT2D eigenvalue weighted by molar-refractivity contribution is 0.0401. The van der Waals surface area contributed by atoms with Gasteiger partial charge in [-0.3, -0.25) is 0 Å². The smallest absolute Gasteiger partial charge is 0.243 e. The summed E-state index contributed by atoms with van der Waals surface area (Å²) in [6.07, 6.45) is 1.38. The van der Waals surface area contributed by atoms with Crippen molar-refractivity contribution in [2.45, 2.75) is 36.8 Å². The van der Waals surface area contributed by atoms with Gasteiger partial charge in [-0.05, 0) is 44.0 Å². The Balaban J connectivity index is 2.21. The van der Waals surface area contributed by atoms with Gasteiger partial charge in [-0.1, -0.05) is 0 Å². The Hall–Kier alpha value is -1.15. The predicted molar refractivity (Wildman–Crippen MR) is 84.4 cm³/mol. The molecule has 0 aromatic heterocycles. The highest BCUT2D eigenvalue weighted by Crippen LogP contribution is 2.27. The van der Waals surface area contributed by atoms with Crippen molar-refractivity contribution in [1.29, 1.82) is 0 Å². The fourth-order valence-electron chi connectivity index (χ4n) is 2.75. The Morgan fingerprint density at radius 3 is 2.55 bits per heavy atom. The van der Waals surface area contributed by atoms with Crippen molar-refractivity contribution in [3.05, 3.63) is 24.3 Å². The van der Waals surface area contributed by atoms with Crippen molar-refractivity contribution < 1.29 is 17.9 Å². The van der Waals surface area contributed by atoms with Gasteiger partial charge < -0.3 is 15.2 Å². The van der Waals surface area contributed by atoms with Crippen LogP contribution in [0.5, 0.6) is 5.75 Å². The van der Waals surface area contributed by atoms with Gasteiger partial charge in [0.15, 0.2) is 0 Å². The van der Waals surface area contributed by atoms with E-state index in [9.17, 15) is 8.42 Å². The van der Waals surface area contributed by atoms with E-state index < -0.39 is 10.0 Å². The molecule has 1 heterocycles. The molecule has 22 heavy (non-hydrogen) atoms. The molecule has 2 atom stereocenters. The van der Waals surface area contributed by atoms with Crippen molar-refractivity contribution in [2.24, 2.45) is 5.73 Å². The highest BCUT2D eigenvalue weighted by Gasteiger charge is 2.36. The lowest BCUT2D eigenvalue weighted by Crippen LogP contribution is -2.51. The number of ether oxygens (including phenoxy) is 2. The van der Waals surface area contributed by atoms with Gasteiger partial charge in [0.2, 0.25) is 10.0 Å². The third kappa shape index (κ3) is 3.60. The molecule has 0 bridgehead atoms. The third-order valence-corrected chi connectivity index (χ3v) is 5.93. The summed E-state index contributed by atoms with van der Waals surface area (Å²) in [6.45, 7) is 3.15. The second-order valence-corrected chi connectivity index (χ2v) is 7.18. The number of sulfonamides is 1. The molecular formula is C15H24N2O4S. The van der Waals surface area contributed by atoms with Gasteiger partial charge in [-0.15, -0.1) is 0 Å². The number of piperidine rings is 1. The topological polar surface area (TPSA) is 81.9 Å². The number of rotatable bonds is 6. The molecule has 1 saturated heterocycles. The summed E-state index contributed by atoms with van der Waals surface area (Å²) < 4.78 is 37.8. The summed E-state index contributed by atoms with van der Waals surface area (Å²) in [4.78, 5) is 0.269. The zero-order valence-electron chi connectivity index (χ0n) is 13.1. The standard InChI is InChI=1S/C15H24N2O4S/c1-3-21-13-4-6-15(7-5-13)22(18,19)17-9-8-14(20-2)10-12(17)11-16/h4-7,12,14H,3,8-11,16H2,1-2H3. The molecule has 0 aliphatic carbocycles. The molecule has 1 aliphatic rings. The predicted octanol–water partition coefficient (Wildman–Crippen LogP) is 1.21. The Morgan fingerprint density at radius 2 is 2.00 bits per heavy atom. The maximum atomic E-state index is 12.8. The first kappa shape index (κ1) is 17.2. The lowest BCUT2D eigenvalue weighted by Gasteiger charge is -2.37. The van der Waals surface area contributed by atoms with Crippen LogP contribution in [0.15, 0.2) is 29.2 Å². The minimum Gasteiger partial charge on any atom is -0.494 e. The lowest BCUT2D eigenvalue weighted by atomic mass is 10.0. The Bertz CT molecular complexity index is 574. The van der Waals surface area contributed by atoms with E-state index >= 15 is 0 Å². The highest BCUT2D eigenvalue weighted by molar-refractivity contribution is 7.89. The summed E-state index contributed by atoms with van der Waals surface area (Å²) in [6, 6.07) is 6.29. The molecule has 1 aliphatic heterocycles. The number of hydrogen-bond acceptors (Lipinski definition) is 5. The monoisotopic (exact) mass is 328 g/mol. The van der Waals surface area contributed by atoms with E-state index in [0.29, 0.717) is 31.7 Å². The molecule has 1 fully saturated rings. The van der Waals surface area contributed by atoms with Crippen LogP contribution >= 0.6 is 0 Å². The minimum atomic E-state index is -3.54. The number of nitrogens with two attached hydrogens (primary N) is 1. The molecule has 7 heteroatoms. The van der Waals surface area contributed by atoms with Crippen LogP contribution < -0.4 is 10.5 Å². The summed E-state index contributed by atoms with van der Waals surface area (Å²) >= 11 is 0. The molecule has 2 unspecified atom stereocenters. The molecule has 0 spiro atoms. The van der Waals surface area contributed by atoms with E-state index in [1.54, 1.807) is 31.4 Å². The molecule has 0 amide bonds. The van der Waals surface area contributed by atoms with Crippen molar-refractivity contribution >= 4 is 10.0 Å². The van der Waals surface area contributed by atoms with Gasteiger partial charge in [0, 0.05) is 26.2 Å². The van der Waals surface area contributed by atoms with Crippen LogP contribution in [0.4, 0.5) is 0 Å². The number of methoxy groups -OCH3 is 1. The minimum absolute atomic E-state index is 0.0698. The van der Waals surface area contributed by atoms with Crippen LogP contribution in [0.2, 0.25) is 0 Å². The number of hydrogen-bond donors (Lipinski definition) is 1. The van der Waals surface area contributed by atoms with E-state index in [4.69, 9.17) is 15.2 Å². The van der Waals surface area contributed by atoms with Crippen molar-refractivity contribution in [2.75, 3.05) is 26.8 Å². The van der Waals surface area contributed by atoms with E-state index in [-0.39, 0.29) is 23.6 Å². The fourth-order valence-corrected chi connectivity index (χ4v) is 4.41. The van der Waals surface area contributed by atoms with E-state index in [0.717, 1.165) is 0 Å². The second-order valence-electron chi connectivity index (χ2n) is 5.29. The first-order valence-electron chi connectivity index (χ1n) is 7.50. The molecule has 124 valence electrons. The summed E-state index contributed by atoms with van der Waals surface area (Å²) in [5, 5.41) is 0. The SMILES string of the molecule is CCOc1ccc(S(=O)(=O)N2CCC(OC)CC2CN)cc1. The average molecular weight is 328 g/mol. The first-order valence-corrected chi connectivity index (χ1v) is 8.94. The van der Waals surface area contributed by atoms with Crippen molar-refractivity contribution in [3.63, 3.8) is 0 Å². The molecule has 2 rings (SSSR count). The van der Waals surface area contributed by atoms with Crippen LogP contribution in [0, 0.1) is 0 Å². The number of nitrogens with zero attached hydrogens (tertiary/aromatic N) is 1. The molecule has 6 nitrogen and oxygen atoms in total. The molecule has 1 aromatic rings. The quantitative estimate of drug-likeness (QED) is 0.849. The van der Waals surface area contributed by atoms with Crippen LogP contribution in [0.1, 0.15) is 19.8 Å². The second kappa shape index (κ2) is 7.41. The molecule has 2 N–H and O–H groups in total. The van der Waals surface area contributed by atoms with Crippen LogP contribution in [0.25, 0.3) is 0 Å². The molecule has 0 saturated carbocycles. The maximum absolute atomic E-state index is 12.8. The zero-order chi connectivity index (χ0) is 16.2. The summed E-state index contributed by atoms with van der Waals surface area (Å²) in [5.41, 5.74) is 5.77. The molecular weight excluding hydrogens is 304 g/mol. The van der Waals surface area contributed by atoms with Crippen LogP contribution in [-0.2, 0) is 14.8 Å². The highest BCUT2D eigenvalue weighted by atomic mass is 32.2.